The predicted molar refractivity (Wildman–Crippen MR) is 69.0 cm³/mol. The van der Waals surface area contributed by atoms with Crippen molar-refractivity contribution in [3.8, 4) is 0 Å². The van der Waals surface area contributed by atoms with Crippen LogP contribution in [0, 0.1) is 0 Å². The van der Waals surface area contributed by atoms with Gasteiger partial charge < -0.3 is 4.74 Å². The number of carbonyl (C=O) groups is 1. The molecule has 0 amide bonds. The van der Waals surface area contributed by atoms with Crippen LogP contribution >= 0.6 is 0 Å². The molecule has 0 N–H and O–H groups in total. The number of ether oxygens (including phenoxy) is 1. The number of likely N-dealkylation sites (N-methyl/N-ethyl adjacent to an activating group) is 2. The molecular formula is C13H26N2O2. The Morgan fingerprint density at radius 1 is 1.53 bits per heavy atom. The molecule has 0 aromatic rings. The van der Waals surface area contributed by atoms with Crippen molar-refractivity contribution in [2.24, 2.45) is 0 Å². The minimum Gasteiger partial charge on any atom is -0.462 e. The second-order valence-electron chi connectivity index (χ2n) is 5.16. The summed E-state index contributed by atoms with van der Waals surface area (Å²) in [5.74, 6) is -0.122. The molecule has 4 heteroatoms. The van der Waals surface area contributed by atoms with E-state index in [4.69, 9.17) is 4.74 Å². The highest BCUT2D eigenvalue weighted by molar-refractivity contribution is 5.71. The first kappa shape index (κ1) is 14.5. The van der Waals surface area contributed by atoms with Gasteiger partial charge in [0.1, 0.15) is 0 Å². The number of carbonyl (C=O) groups excluding carboxylic acids is 1. The second-order valence-corrected chi connectivity index (χ2v) is 5.16. The average molecular weight is 242 g/mol. The molecule has 0 saturated carbocycles. The fourth-order valence-electron chi connectivity index (χ4n) is 2.46. The summed E-state index contributed by atoms with van der Waals surface area (Å²) in [4.78, 5) is 16.1. The first-order chi connectivity index (χ1) is 8.02. The molecule has 0 radical (unpaired) electrons. The van der Waals surface area contributed by atoms with E-state index in [-0.39, 0.29) is 12.1 Å². The lowest BCUT2D eigenvalue weighted by Gasteiger charge is -2.27. The van der Waals surface area contributed by atoms with E-state index in [2.05, 4.69) is 16.7 Å². The van der Waals surface area contributed by atoms with Gasteiger partial charge in [0.2, 0.25) is 0 Å². The van der Waals surface area contributed by atoms with Crippen LogP contribution in [0.1, 0.15) is 33.6 Å². The van der Waals surface area contributed by atoms with E-state index in [1.807, 2.05) is 20.9 Å². The van der Waals surface area contributed by atoms with Crippen molar-refractivity contribution >= 4 is 5.97 Å². The Balaban J connectivity index is 2.28. The van der Waals surface area contributed by atoms with Gasteiger partial charge in [-0.1, -0.05) is 6.92 Å². The Bertz CT molecular complexity index is 244. The van der Waals surface area contributed by atoms with E-state index >= 15 is 0 Å². The summed E-state index contributed by atoms with van der Waals surface area (Å²) in [7, 11) is 1.99. The Morgan fingerprint density at radius 3 is 2.82 bits per heavy atom. The monoisotopic (exact) mass is 242 g/mol. The molecule has 1 unspecified atom stereocenters. The molecule has 1 fully saturated rings. The zero-order valence-corrected chi connectivity index (χ0v) is 11.6. The first-order valence-electron chi connectivity index (χ1n) is 6.65. The van der Waals surface area contributed by atoms with Crippen molar-refractivity contribution in [1.82, 2.24) is 9.80 Å². The van der Waals surface area contributed by atoms with Gasteiger partial charge in [-0.3, -0.25) is 14.6 Å². The number of likely N-dealkylation sites (tertiary alicyclic amines) is 1. The predicted octanol–water partition coefficient (Wildman–Crippen LogP) is 1.35. The Kier molecular flexibility index (Phi) is 5.92. The summed E-state index contributed by atoms with van der Waals surface area (Å²) in [5, 5.41) is 0. The summed E-state index contributed by atoms with van der Waals surface area (Å²) in [6.07, 6.45) is 2.51. The van der Waals surface area contributed by atoms with Crippen LogP contribution in [-0.2, 0) is 9.53 Å². The van der Waals surface area contributed by atoms with Gasteiger partial charge in [-0.15, -0.1) is 0 Å². The van der Waals surface area contributed by atoms with Gasteiger partial charge >= 0.3 is 5.97 Å². The van der Waals surface area contributed by atoms with Crippen LogP contribution in [0.25, 0.3) is 0 Å². The third-order valence-electron chi connectivity index (χ3n) is 3.19. The minimum absolute atomic E-state index is 0.0190. The maximum absolute atomic E-state index is 11.5. The Morgan fingerprint density at radius 2 is 2.24 bits per heavy atom. The number of nitrogens with zero attached hydrogens (tertiary/aromatic N) is 2. The smallest absolute Gasteiger partial charge is 0.320 e. The summed E-state index contributed by atoms with van der Waals surface area (Å²) >= 11 is 0. The van der Waals surface area contributed by atoms with Gasteiger partial charge in [-0.25, -0.2) is 0 Å². The van der Waals surface area contributed by atoms with Crippen LogP contribution in [0.2, 0.25) is 0 Å². The number of hydrogen-bond donors (Lipinski definition) is 0. The Hall–Kier alpha value is -0.610. The summed E-state index contributed by atoms with van der Waals surface area (Å²) in [6, 6.07) is 0.608. The highest BCUT2D eigenvalue weighted by atomic mass is 16.5. The van der Waals surface area contributed by atoms with Gasteiger partial charge in [-0.2, -0.15) is 0 Å². The molecule has 0 bridgehead atoms. The fraction of sp³-hybridized carbons (Fsp3) is 0.923. The molecule has 0 aromatic carbocycles. The van der Waals surface area contributed by atoms with E-state index in [0.29, 0.717) is 12.6 Å². The normalized spacial score (nSPS) is 21.4. The van der Waals surface area contributed by atoms with Crippen LogP contribution in [0.5, 0.6) is 0 Å². The van der Waals surface area contributed by atoms with E-state index in [1.165, 1.54) is 19.4 Å². The molecule has 0 spiro atoms. The van der Waals surface area contributed by atoms with Gasteiger partial charge in [-0.05, 0) is 46.8 Å². The summed E-state index contributed by atoms with van der Waals surface area (Å²) < 4.78 is 5.14. The molecule has 4 nitrogen and oxygen atoms in total. The zero-order valence-electron chi connectivity index (χ0n) is 11.6. The van der Waals surface area contributed by atoms with Crippen molar-refractivity contribution in [3.63, 3.8) is 0 Å². The van der Waals surface area contributed by atoms with Crippen LogP contribution in [-0.4, -0.2) is 61.1 Å². The number of rotatable bonds is 6. The second kappa shape index (κ2) is 6.97. The van der Waals surface area contributed by atoms with Crippen molar-refractivity contribution in [1.29, 1.82) is 0 Å². The molecule has 0 aromatic heterocycles. The molecule has 1 aliphatic rings. The molecule has 17 heavy (non-hydrogen) atoms. The van der Waals surface area contributed by atoms with Crippen molar-refractivity contribution in [2.45, 2.75) is 45.8 Å². The largest absolute Gasteiger partial charge is 0.462 e. The maximum atomic E-state index is 11.5. The summed E-state index contributed by atoms with van der Waals surface area (Å²) in [6.45, 7) is 9.63. The highest BCUT2D eigenvalue weighted by Crippen LogP contribution is 2.17. The van der Waals surface area contributed by atoms with Gasteiger partial charge in [0.15, 0.2) is 0 Å². The third kappa shape index (κ3) is 5.04. The summed E-state index contributed by atoms with van der Waals surface area (Å²) in [5.41, 5.74) is 0. The van der Waals surface area contributed by atoms with E-state index in [0.717, 1.165) is 13.1 Å². The molecular weight excluding hydrogens is 216 g/mol. The highest BCUT2D eigenvalue weighted by Gasteiger charge is 2.24. The number of hydrogen-bond acceptors (Lipinski definition) is 4. The molecule has 1 rings (SSSR count). The topological polar surface area (TPSA) is 32.8 Å². The molecule has 1 atom stereocenters. The van der Waals surface area contributed by atoms with E-state index < -0.39 is 0 Å². The average Bonchev–Trinajstić information content (AvgIpc) is 2.63. The van der Waals surface area contributed by atoms with Crippen molar-refractivity contribution in [3.05, 3.63) is 0 Å². The van der Waals surface area contributed by atoms with Crippen molar-refractivity contribution in [2.75, 3.05) is 33.2 Å². The third-order valence-corrected chi connectivity index (χ3v) is 3.19. The SMILES string of the molecule is CCN1CCCC1CN(C)CC(=O)OC(C)C. The van der Waals surface area contributed by atoms with Gasteiger partial charge in [0.25, 0.3) is 0 Å². The lowest BCUT2D eigenvalue weighted by Crippen LogP contribution is -2.40. The molecule has 1 aliphatic heterocycles. The van der Waals surface area contributed by atoms with Crippen LogP contribution in [0.3, 0.4) is 0 Å². The van der Waals surface area contributed by atoms with Gasteiger partial charge in [0, 0.05) is 12.6 Å². The maximum Gasteiger partial charge on any atom is 0.320 e. The molecule has 0 aliphatic carbocycles. The van der Waals surface area contributed by atoms with E-state index in [9.17, 15) is 4.79 Å². The molecule has 1 saturated heterocycles. The lowest BCUT2D eigenvalue weighted by molar-refractivity contribution is -0.148. The first-order valence-corrected chi connectivity index (χ1v) is 6.65. The minimum atomic E-state index is -0.122. The Labute approximate surface area is 105 Å². The van der Waals surface area contributed by atoms with Crippen LogP contribution in [0.15, 0.2) is 0 Å². The van der Waals surface area contributed by atoms with Gasteiger partial charge in [0.05, 0.1) is 12.6 Å². The van der Waals surface area contributed by atoms with Crippen molar-refractivity contribution < 1.29 is 9.53 Å². The fourth-order valence-corrected chi connectivity index (χ4v) is 2.46. The lowest BCUT2D eigenvalue weighted by atomic mass is 10.2. The quantitative estimate of drug-likeness (QED) is 0.658. The number of esters is 1. The molecule has 1 heterocycles. The standard InChI is InChI=1S/C13H26N2O2/c1-5-15-8-6-7-12(15)9-14(4)10-13(16)17-11(2)3/h11-12H,5-10H2,1-4H3. The van der Waals surface area contributed by atoms with Crippen LogP contribution < -0.4 is 0 Å². The van der Waals surface area contributed by atoms with E-state index in [1.54, 1.807) is 0 Å². The van der Waals surface area contributed by atoms with Crippen LogP contribution in [0.4, 0.5) is 0 Å². The molecule has 100 valence electrons. The zero-order chi connectivity index (χ0) is 12.8.